The van der Waals surface area contributed by atoms with Crippen LogP contribution in [0.25, 0.3) is 0 Å². The highest BCUT2D eigenvalue weighted by atomic mass is 16.5. The second-order valence-corrected chi connectivity index (χ2v) is 5.50. The lowest BCUT2D eigenvalue weighted by Gasteiger charge is -2.27. The summed E-state index contributed by atoms with van der Waals surface area (Å²) in [6, 6.07) is 0.0914. The van der Waals surface area contributed by atoms with Gasteiger partial charge in [-0.2, -0.15) is 0 Å². The van der Waals surface area contributed by atoms with Gasteiger partial charge in [-0.1, -0.05) is 6.92 Å². The van der Waals surface area contributed by atoms with Gasteiger partial charge < -0.3 is 24.5 Å². The summed E-state index contributed by atoms with van der Waals surface area (Å²) in [5, 5.41) is 8.91. The number of hydrogen-bond acceptors (Lipinski definition) is 4. The van der Waals surface area contributed by atoms with Crippen LogP contribution in [0.4, 0.5) is 4.79 Å². The van der Waals surface area contributed by atoms with Crippen LogP contribution < -0.4 is 0 Å². The third kappa shape index (κ3) is 4.35. The standard InChI is InChI=1S/C13H25N3O4/c1-10-7-16(8-11(10)14(2)3)13(19)15(5-6-20-4)9-12(17)18/h10-11H,5-9H2,1-4H3,(H,17,18). The highest BCUT2D eigenvalue weighted by molar-refractivity contribution is 5.80. The van der Waals surface area contributed by atoms with Gasteiger partial charge in [0, 0.05) is 32.8 Å². The zero-order valence-electron chi connectivity index (χ0n) is 12.7. The van der Waals surface area contributed by atoms with E-state index in [1.165, 1.54) is 12.0 Å². The van der Waals surface area contributed by atoms with Crippen molar-refractivity contribution in [3.8, 4) is 0 Å². The maximum atomic E-state index is 12.4. The molecule has 20 heavy (non-hydrogen) atoms. The summed E-state index contributed by atoms with van der Waals surface area (Å²) in [6.07, 6.45) is 0. The number of carboxylic acid groups (broad SMARTS) is 1. The summed E-state index contributed by atoms with van der Waals surface area (Å²) in [6.45, 7) is 3.73. The van der Waals surface area contributed by atoms with E-state index in [0.29, 0.717) is 38.2 Å². The zero-order chi connectivity index (χ0) is 15.3. The van der Waals surface area contributed by atoms with E-state index in [9.17, 15) is 9.59 Å². The number of ether oxygens (including phenoxy) is 1. The summed E-state index contributed by atoms with van der Waals surface area (Å²) < 4.78 is 4.93. The number of carbonyl (C=O) groups is 2. The van der Waals surface area contributed by atoms with Crippen LogP contribution in [-0.2, 0) is 9.53 Å². The Hall–Kier alpha value is -1.34. The first-order chi connectivity index (χ1) is 9.36. The Kier molecular flexibility index (Phi) is 6.22. The van der Waals surface area contributed by atoms with E-state index in [1.807, 2.05) is 14.1 Å². The molecule has 7 nitrogen and oxygen atoms in total. The number of rotatable bonds is 6. The minimum atomic E-state index is -1.01. The molecule has 1 heterocycles. The first kappa shape index (κ1) is 16.7. The molecule has 2 unspecified atom stereocenters. The molecular formula is C13H25N3O4. The average Bonchev–Trinajstić information content (AvgIpc) is 2.75. The number of nitrogens with zero attached hydrogens (tertiary/aromatic N) is 3. The SMILES string of the molecule is COCCN(CC(=O)O)C(=O)N1CC(C)C(N(C)C)C1. The van der Waals surface area contributed by atoms with E-state index in [1.54, 1.807) is 4.90 Å². The largest absolute Gasteiger partial charge is 0.480 e. The van der Waals surface area contributed by atoms with Crippen molar-refractivity contribution < 1.29 is 19.4 Å². The first-order valence-corrected chi connectivity index (χ1v) is 6.77. The Morgan fingerprint density at radius 1 is 1.35 bits per heavy atom. The monoisotopic (exact) mass is 287 g/mol. The molecule has 1 aliphatic heterocycles. The molecule has 0 aromatic heterocycles. The Morgan fingerprint density at radius 2 is 2.00 bits per heavy atom. The van der Waals surface area contributed by atoms with Crippen molar-refractivity contribution >= 4 is 12.0 Å². The number of methoxy groups -OCH3 is 1. The Morgan fingerprint density at radius 3 is 2.45 bits per heavy atom. The Labute approximate surface area is 120 Å². The molecule has 0 aromatic rings. The van der Waals surface area contributed by atoms with Gasteiger partial charge in [-0.15, -0.1) is 0 Å². The van der Waals surface area contributed by atoms with Crippen molar-refractivity contribution in [2.75, 3.05) is 54.0 Å². The molecule has 0 radical (unpaired) electrons. The Bertz CT molecular complexity index is 349. The fourth-order valence-corrected chi connectivity index (χ4v) is 2.59. The first-order valence-electron chi connectivity index (χ1n) is 6.77. The molecule has 0 bridgehead atoms. The summed E-state index contributed by atoms with van der Waals surface area (Å²) in [5.74, 6) is -0.631. The van der Waals surface area contributed by atoms with Crippen LogP contribution in [0.5, 0.6) is 0 Å². The third-order valence-electron chi connectivity index (χ3n) is 3.67. The molecular weight excluding hydrogens is 262 g/mol. The minimum absolute atomic E-state index is 0.222. The van der Waals surface area contributed by atoms with E-state index in [-0.39, 0.29) is 12.6 Å². The lowest BCUT2D eigenvalue weighted by atomic mass is 10.1. The molecule has 0 aliphatic carbocycles. The van der Waals surface area contributed by atoms with Crippen LogP contribution in [-0.4, -0.2) is 91.8 Å². The van der Waals surface area contributed by atoms with Crippen molar-refractivity contribution in [3.63, 3.8) is 0 Å². The molecule has 0 saturated carbocycles. The molecule has 1 aliphatic rings. The Balaban J connectivity index is 2.67. The molecule has 2 amide bonds. The van der Waals surface area contributed by atoms with Gasteiger partial charge in [-0.3, -0.25) is 4.79 Å². The van der Waals surface area contributed by atoms with Crippen molar-refractivity contribution in [1.29, 1.82) is 0 Å². The van der Waals surface area contributed by atoms with Crippen LogP contribution in [0.1, 0.15) is 6.92 Å². The number of hydrogen-bond donors (Lipinski definition) is 1. The van der Waals surface area contributed by atoms with Gasteiger partial charge in [0.1, 0.15) is 6.54 Å². The minimum Gasteiger partial charge on any atom is -0.480 e. The highest BCUT2D eigenvalue weighted by Crippen LogP contribution is 2.21. The van der Waals surface area contributed by atoms with Gasteiger partial charge >= 0.3 is 12.0 Å². The lowest BCUT2D eigenvalue weighted by molar-refractivity contribution is -0.137. The summed E-state index contributed by atoms with van der Waals surface area (Å²) in [5.41, 5.74) is 0. The third-order valence-corrected chi connectivity index (χ3v) is 3.67. The summed E-state index contributed by atoms with van der Waals surface area (Å²) >= 11 is 0. The van der Waals surface area contributed by atoms with Gasteiger partial charge in [-0.25, -0.2) is 4.79 Å². The molecule has 0 spiro atoms. The molecule has 116 valence electrons. The van der Waals surface area contributed by atoms with E-state index in [0.717, 1.165) is 0 Å². The summed E-state index contributed by atoms with van der Waals surface area (Å²) in [7, 11) is 5.52. The zero-order valence-corrected chi connectivity index (χ0v) is 12.7. The van der Waals surface area contributed by atoms with E-state index in [4.69, 9.17) is 9.84 Å². The maximum absolute atomic E-state index is 12.4. The van der Waals surface area contributed by atoms with Crippen LogP contribution in [0.3, 0.4) is 0 Å². The predicted octanol–water partition coefficient (Wildman–Crippen LogP) is 0.0213. The number of likely N-dealkylation sites (N-methyl/N-ethyl adjacent to an activating group) is 1. The van der Waals surface area contributed by atoms with Crippen molar-refractivity contribution in [2.24, 2.45) is 5.92 Å². The number of carboxylic acids is 1. The quantitative estimate of drug-likeness (QED) is 0.745. The van der Waals surface area contributed by atoms with E-state index >= 15 is 0 Å². The maximum Gasteiger partial charge on any atom is 0.323 e. The molecule has 7 heteroatoms. The van der Waals surface area contributed by atoms with Crippen molar-refractivity contribution in [3.05, 3.63) is 0 Å². The van der Waals surface area contributed by atoms with Gasteiger partial charge in [0.25, 0.3) is 0 Å². The lowest BCUT2D eigenvalue weighted by Crippen LogP contribution is -2.46. The predicted molar refractivity (Wildman–Crippen MR) is 74.7 cm³/mol. The number of urea groups is 1. The van der Waals surface area contributed by atoms with Crippen molar-refractivity contribution in [2.45, 2.75) is 13.0 Å². The molecule has 1 rings (SSSR count). The molecule has 1 saturated heterocycles. The van der Waals surface area contributed by atoms with Gasteiger partial charge in [0.2, 0.25) is 0 Å². The highest BCUT2D eigenvalue weighted by Gasteiger charge is 2.35. The van der Waals surface area contributed by atoms with Crippen LogP contribution in [0, 0.1) is 5.92 Å². The number of amides is 2. The number of aliphatic carboxylic acids is 1. The normalized spacial score (nSPS) is 22.4. The second-order valence-electron chi connectivity index (χ2n) is 5.50. The van der Waals surface area contributed by atoms with Crippen LogP contribution >= 0.6 is 0 Å². The fraction of sp³-hybridized carbons (Fsp3) is 0.846. The molecule has 2 atom stereocenters. The van der Waals surface area contributed by atoms with Gasteiger partial charge in [0.05, 0.1) is 6.61 Å². The molecule has 1 fully saturated rings. The molecule has 1 N–H and O–H groups in total. The van der Waals surface area contributed by atoms with E-state index < -0.39 is 5.97 Å². The van der Waals surface area contributed by atoms with Crippen LogP contribution in [0.2, 0.25) is 0 Å². The fourth-order valence-electron chi connectivity index (χ4n) is 2.59. The molecule has 0 aromatic carbocycles. The summed E-state index contributed by atoms with van der Waals surface area (Å²) in [4.78, 5) is 28.4. The second kappa shape index (κ2) is 7.44. The smallest absolute Gasteiger partial charge is 0.323 e. The topological polar surface area (TPSA) is 73.3 Å². The van der Waals surface area contributed by atoms with Gasteiger partial charge in [0.15, 0.2) is 0 Å². The number of carbonyl (C=O) groups excluding carboxylic acids is 1. The van der Waals surface area contributed by atoms with Crippen LogP contribution in [0.15, 0.2) is 0 Å². The van der Waals surface area contributed by atoms with Gasteiger partial charge in [-0.05, 0) is 20.0 Å². The van der Waals surface area contributed by atoms with Crippen molar-refractivity contribution in [1.82, 2.24) is 14.7 Å². The number of likely N-dealkylation sites (tertiary alicyclic amines) is 1. The average molecular weight is 287 g/mol. The van der Waals surface area contributed by atoms with E-state index in [2.05, 4.69) is 11.8 Å².